The van der Waals surface area contributed by atoms with Crippen LogP contribution >= 0.6 is 11.6 Å². The second-order valence-corrected chi connectivity index (χ2v) is 6.71. The first-order valence-electron chi connectivity index (χ1n) is 5.91. The van der Waals surface area contributed by atoms with E-state index in [1.54, 1.807) is 12.1 Å². The molecule has 0 bridgehead atoms. The molecule has 96 valence electrons. The molecule has 0 heterocycles. The summed E-state index contributed by atoms with van der Waals surface area (Å²) in [4.78, 5) is 0.399. The van der Waals surface area contributed by atoms with E-state index in [2.05, 4.69) is 0 Å². The molecule has 0 aliphatic rings. The number of alkyl halides is 1. The zero-order valence-corrected chi connectivity index (χ0v) is 11.5. The number of sulfone groups is 1. The molecule has 4 heteroatoms. The highest BCUT2D eigenvalue weighted by Gasteiger charge is 2.14. The van der Waals surface area contributed by atoms with E-state index in [1.165, 1.54) is 0 Å². The normalized spacial score (nSPS) is 11.8. The van der Waals surface area contributed by atoms with Gasteiger partial charge >= 0.3 is 0 Å². The van der Waals surface area contributed by atoms with Crippen molar-refractivity contribution >= 4 is 32.2 Å². The molecule has 18 heavy (non-hydrogen) atoms. The molecular weight excluding hydrogens is 268 g/mol. The number of hydrogen-bond donors (Lipinski definition) is 0. The second kappa shape index (κ2) is 5.72. The summed E-state index contributed by atoms with van der Waals surface area (Å²) >= 11 is 5.56. The molecular formula is C14H15ClO2S. The average Bonchev–Trinajstić information content (AvgIpc) is 2.38. The Kier molecular flexibility index (Phi) is 4.25. The standard InChI is InChI=1S/C14H15ClO2S/c15-9-3-4-10-18(16,17)14-8-7-12-5-1-2-6-13(12)11-14/h1-2,5-8,11H,3-4,9-10H2. The van der Waals surface area contributed by atoms with Crippen LogP contribution in [-0.4, -0.2) is 20.1 Å². The first-order chi connectivity index (χ1) is 8.63. The van der Waals surface area contributed by atoms with Crippen LogP contribution in [0, 0.1) is 0 Å². The van der Waals surface area contributed by atoms with Gasteiger partial charge in [0.1, 0.15) is 0 Å². The van der Waals surface area contributed by atoms with Gasteiger partial charge in [-0.1, -0.05) is 30.3 Å². The molecule has 0 unspecified atom stereocenters. The van der Waals surface area contributed by atoms with Gasteiger partial charge in [0.05, 0.1) is 10.6 Å². The Balaban J connectivity index is 2.30. The van der Waals surface area contributed by atoms with Crippen molar-refractivity contribution in [2.24, 2.45) is 0 Å². The SMILES string of the molecule is O=S(=O)(CCCCCl)c1ccc2ccccc2c1. The molecule has 0 amide bonds. The van der Waals surface area contributed by atoms with Crippen LogP contribution in [-0.2, 0) is 9.84 Å². The van der Waals surface area contributed by atoms with E-state index in [-0.39, 0.29) is 5.75 Å². The van der Waals surface area contributed by atoms with Crippen molar-refractivity contribution < 1.29 is 8.42 Å². The predicted molar refractivity (Wildman–Crippen MR) is 76.0 cm³/mol. The first-order valence-corrected chi connectivity index (χ1v) is 8.10. The monoisotopic (exact) mass is 282 g/mol. The Hall–Kier alpha value is -1.06. The van der Waals surface area contributed by atoms with Gasteiger partial charge in [-0.3, -0.25) is 0 Å². The van der Waals surface area contributed by atoms with E-state index in [0.29, 0.717) is 17.2 Å². The molecule has 2 rings (SSSR count). The van der Waals surface area contributed by atoms with E-state index in [9.17, 15) is 8.42 Å². The minimum absolute atomic E-state index is 0.165. The second-order valence-electron chi connectivity index (χ2n) is 4.22. The molecule has 0 fully saturated rings. The average molecular weight is 283 g/mol. The van der Waals surface area contributed by atoms with Crippen LogP contribution in [0.15, 0.2) is 47.4 Å². The van der Waals surface area contributed by atoms with Gasteiger partial charge in [-0.25, -0.2) is 8.42 Å². The van der Waals surface area contributed by atoms with Crippen LogP contribution < -0.4 is 0 Å². The Morgan fingerprint density at radius 1 is 0.944 bits per heavy atom. The van der Waals surface area contributed by atoms with Gasteiger partial charge in [0.2, 0.25) is 0 Å². The summed E-state index contributed by atoms with van der Waals surface area (Å²) in [5.41, 5.74) is 0. The van der Waals surface area contributed by atoms with Crippen molar-refractivity contribution in [1.29, 1.82) is 0 Å². The fourth-order valence-corrected chi connectivity index (χ4v) is 3.46. The van der Waals surface area contributed by atoms with E-state index >= 15 is 0 Å². The van der Waals surface area contributed by atoms with Gasteiger partial charge in [-0.15, -0.1) is 11.6 Å². The number of rotatable bonds is 5. The lowest BCUT2D eigenvalue weighted by Gasteiger charge is -2.05. The summed E-state index contributed by atoms with van der Waals surface area (Å²) in [6.07, 6.45) is 1.34. The molecule has 0 saturated heterocycles. The van der Waals surface area contributed by atoms with Gasteiger partial charge < -0.3 is 0 Å². The van der Waals surface area contributed by atoms with E-state index < -0.39 is 9.84 Å². The van der Waals surface area contributed by atoms with E-state index in [1.807, 2.05) is 30.3 Å². The number of unbranched alkanes of at least 4 members (excludes halogenated alkanes) is 1. The lowest BCUT2D eigenvalue weighted by atomic mass is 10.1. The molecule has 2 nitrogen and oxygen atoms in total. The minimum atomic E-state index is -3.18. The van der Waals surface area contributed by atoms with Crippen molar-refractivity contribution in [2.45, 2.75) is 17.7 Å². The fourth-order valence-electron chi connectivity index (χ4n) is 1.87. The fraction of sp³-hybridized carbons (Fsp3) is 0.286. The Bertz CT molecular complexity index is 635. The Morgan fingerprint density at radius 3 is 2.39 bits per heavy atom. The van der Waals surface area contributed by atoms with Crippen LogP contribution in [0.1, 0.15) is 12.8 Å². The van der Waals surface area contributed by atoms with E-state index in [0.717, 1.165) is 17.2 Å². The highest BCUT2D eigenvalue weighted by molar-refractivity contribution is 7.91. The molecule has 0 N–H and O–H groups in total. The zero-order valence-electron chi connectivity index (χ0n) is 9.97. The summed E-state index contributed by atoms with van der Waals surface area (Å²) < 4.78 is 24.2. The van der Waals surface area contributed by atoms with Crippen molar-refractivity contribution in [3.05, 3.63) is 42.5 Å². The largest absolute Gasteiger partial charge is 0.224 e. The Labute approximate surface area is 113 Å². The summed E-state index contributed by atoms with van der Waals surface area (Å²) in [6.45, 7) is 0. The van der Waals surface area contributed by atoms with E-state index in [4.69, 9.17) is 11.6 Å². The van der Waals surface area contributed by atoms with Crippen LogP contribution in [0.4, 0.5) is 0 Å². The summed E-state index contributed by atoms with van der Waals surface area (Å²) in [5, 5.41) is 2.01. The molecule has 2 aromatic carbocycles. The lowest BCUT2D eigenvalue weighted by molar-refractivity contribution is 0.593. The molecule has 0 radical (unpaired) electrons. The third-order valence-electron chi connectivity index (χ3n) is 2.88. The summed E-state index contributed by atoms with van der Waals surface area (Å²) in [5.74, 6) is 0.672. The maximum atomic E-state index is 12.1. The van der Waals surface area contributed by atoms with Gasteiger partial charge in [0.25, 0.3) is 0 Å². The van der Waals surface area contributed by atoms with Gasteiger partial charge in [0, 0.05) is 5.88 Å². The van der Waals surface area contributed by atoms with Crippen LogP contribution in [0.5, 0.6) is 0 Å². The topological polar surface area (TPSA) is 34.1 Å². The molecule has 0 atom stereocenters. The smallest absolute Gasteiger partial charge is 0.178 e. The molecule has 2 aromatic rings. The lowest BCUT2D eigenvalue weighted by Crippen LogP contribution is -2.06. The maximum Gasteiger partial charge on any atom is 0.178 e. The minimum Gasteiger partial charge on any atom is -0.224 e. The van der Waals surface area contributed by atoms with Crippen molar-refractivity contribution in [3.8, 4) is 0 Å². The number of hydrogen-bond acceptors (Lipinski definition) is 2. The summed E-state index contributed by atoms with van der Waals surface area (Å²) in [6, 6.07) is 13.0. The van der Waals surface area contributed by atoms with Crippen LogP contribution in [0.25, 0.3) is 10.8 Å². The highest BCUT2D eigenvalue weighted by atomic mass is 35.5. The van der Waals surface area contributed by atoms with Gasteiger partial charge in [-0.05, 0) is 35.7 Å². The molecule has 0 spiro atoms. The number of halogens is 1. The van der Waals surface area contributed by atoms with Crippen molar-refractivity contribution in [1.82, 2.24) is 0 Å². The third-order valence-corrected chi connectivity index (χ3v) is 4.94. The maximum absolute atomic E-state index is 12.1. The van der Waals surface area contributed by atoms with Crippen molar-refractivity contribution in [3.63, 3.8) is 0 Å². The quantitative estimate of drug-likeness (QED) is 0.620. The number of fused-ring (bicyclic) bond motifs is 1. The van der Waals surface area contributed by atoms with Crippen molar-refractivity contribution in [2.75, 3.05) is 11.6 Å². The number of benzene rings is 2. The molecule has 0 aromatic heterocycles. The van der Waals surface area contributed by atoms with Crippen LogP contribution in [0.3, 0.4) is 0 Å². The molecule has 0 aliphatic carbocycles. The van der Waals surface area contributed by atoms with Crippen LogP contribution in [0.2, 0.25) is 0 Å². The predicted octanol–water partition coefficient (Wildman–Crippen LogP) is 3.63. The molecule has 0 aliphatic heterocycles. The zero-order chi connectivity index (χ0) is 13.0. The third kappa shape index (κ3) is 3.03. The van der Waals surface area contributed by atoms with Gasteiger partial charge in [-0.2, -0.15) is 0 Å². The highest BCUT2D eigenvalue weighted by Crippen LogP contribution is 2.20. The summed E-state index contributed by atoms with van der Waals surface area (Å²) in [7, 11) is -3.18. The van der Waals surface area contributed by atoms with Gasteiger partial charge in [0.15, 0.2) is 9.84 Å². The Morgan fingerprint density at radius 2 is 1.67 bits per heavy atom. The first kappa shape index (κ1) is 13.4. The molecule has 0 saturated carbocycles.